The summed E-state index contributed by atoms with van der Waals surface area (Å²) in [5.74, 6) is 1.20. The minimum Gasteiger partial charge on any atom is -0.508 e. The van der Waals surface area contributed by atoms with E-state index in [0.717, 1.165) is 21.8 Å². The molecule has 134 valence electrons. The van der Waals surface area contributed by atoms with E-state index in [9.17, 15) is 5.11 Å². The second-order valence-electron chi connectivity index (χ2n) is 7.01. The van der Waals surface area contributed by atoms with Crippen molar-refractivity contribution in [3.63, 3.8) is 0 Å². The van der Waals surface area contributed by atoms with Crippen LogP contribution in [0.2, 0.25) is 0 Å². The van der Waals surface area contributed by atoms with Crippen LogP contribution in [0.1, 0.15) is 67.8 Å². The first-order valence-electron chi connectivity index (χ1n) is 9.20. The van der Waals surface area contributed by atoms with Crippen LogP contribution < -0.4 is 0 Å². The maximum absolute atomic E-state index is 10.1. The van der Waals surface area contributed by atoms with Gasteiger partial charge in [0.1, 0.15) is 5.75 Å². The van der Waals surface area contributed by atoms with Gasteiger partial charge in [-0.25, -0.2) is 0 Å². The van der Waals surface area contributed by atoms with Gasteiger partial charge in [0.05, 0.1) is 5.69 Å². The number of aryl methyl sites for hydroxylation is 2. The van der Waals surface area contributed by atoms with Crippen LogP contribution in [0.25, 0.3) is 0 Å². The first-order valence-corrected chi connectivity index (χ1v) is 10.8. The molecule has 4 heteroatoms. The van der Waals surface area contributed by atoms with Crippen molar-refractivity contribution < 1.29 is 5.11 Å². The predicted octanol–water partition coefficient (Wildman–Crippen LogP) is 6.76. The number of pyridine rings is 1. The molecule has 3 rings (SSSR count). The van der Waals surface area contributed by atoms with E-state index in [-0.39, 0.29) is 5.92 Å². The molecule has 1 aromatic heterocycles. The summed E-state index contributed by atoms with van der Waals surface area (Å²) < 4.78 is 2.06. The lowest BCUT2D eigenvalue weighted by Gasteiger charge is -2.29. The average Bonchev–Trinajstić information content (AvgIpc) is 2.71. The van der Waals surface area contributed by atoms with Crippen LogP contribution >= 0.6 is 31.9 Å². The highest BCUT2D eigenvalue weighted by Crippen LogP contribution is 2.46. The zero-order chi connectivity index (χ0) is 18.0. The zero-order valence-corrected chi connectivity index (χ0v) is 18.0. The Kier molecular flexibility index (Phi) is 6.21. The smallest absolute Gasteiger partial charge is 0.116 e. The molecule has 1 aromatic carbocycles. The number of aromatic nitrogens is 1. The summed E-state index contributed by atoms with van der Waals surface area (Å²) in [5, 5.41) is 10.1. The Bertz CT molecular complexity index is 754. The van der Waals surface area contributed by atoms with Crippen LogP contribution in [0.15, 0.2) is 33.3 Å². The SMILES string of the molecule is CCCC(CCC)[C@H]1c2ncc(Br)cc2CCc2cc(O)cc(Br)c21. The highest BCUT2D eigenvalue weighted by molar-refractivity contribution is 9.10. The van der Waals surface area contributed by atoms with Crippen LogP contribution in [-0.4, -0.2) is 10.1 Å². The minimum absolute atomic E-state index is 0.287. The molecule has 0 amide bonds. The van der Waals surface area contributed by atoms with Crippen molar-refractivity contribution in [1.82, 2.24) is 4.98 Å². The highest BCUT2D eigenvalue weighted by Gasteiger charge is 2.32. The largest absolute Gasteiger partial charge is 0.508 e. The van der Waals surface area contributed by atoms with Gasteiger partial charge in [0.25, 0.3) is 0 Å². The molecule has 2 nitrogen and oxygen atoms in total. The summed E-state index contributed by atoms with van der Waals surface area (Å²) in [6.45, 7) is 4.53. The van der Waals surface area contributed by atoms with Crippen LogP contribution in [0.3, 0.4) is 0 Å². The van der Waals surface area contributed by atoms with Gasteiger partial charge in [-0.3, -0.25) is 4.98 Å². The third kappa shape index (κ3) is 3.95. The van der Waals surface area contributed by atoms with Crippen molar-refractivity contribution in [2.75, 3.05) is 0 Å². The van der Waals surface area contributed by atoms with Crippen molar-refractivity contribution in [3.05, 3.63) is 55.7 Å². The van der Waals surface area contributed by atoms with Gasteiger partial charge in [0, 0.05) is 21.1 Å². The minimum atomic E-state index is 0.287. The molecule has 0 spiro atoms. The molecule has 0 aliphatic heterocycles. The van der Waals surface area contributed by atoms with Gasteiger partial charge in [0.2, 0.25) is 0 Å². The first kappa shape index (κ1) is 18.9. The summed E-state index contributed by atoms with van der Waals surface area (Å²) in [4.78, 5) is 4.88. The van der Waals surface area contributed by atoms with E-state index in [1.54, 1.807) is 0 Å². The molecule has 25 heavy (non-hydrogen) atoms. The van der Waals surface area contributed by atoms with Crippen molar-refractivity contribution in [3.8, 4) is 5.75 Å². The van der Waals surface area contributed by atoms with Crippen molar-refractivity contribution in [1.29, 1.82) is 0 Å². The molecule has 0 saturated carbocycles. The number of rotatable bonds is 5. The van der Waals surface area contributed by atoms with Gasteiger partial charge in [-0.05, 0) is 82.4 Å². The number of aromatic hydroxyl groups is 1. The fourth-order valence-electron chi connectivity index (χ4n) is 4.27. The fourth-order valence-corrected chi connectivity index (χ4v) is 5.38. The number of benzene rings is 1. The summed E-state index contributed by atoms with van der Waals surface area (Å²) >= 11 is 7.33. The third-order valence-electron chi connectivity index (χ3n) is 5.23. The number of halogens is 2. The second kappa shape index (κ2) is 8.22. The lowest BCUT2D eigenvalue weighted by Crippen LogP contribution is -2.18. The molecule has 0 saturated heterocycles. The fraction of sp³-hybridized carbons (Fsp3) is 0.476. The molecule has 1 aliphatic rings. The van der Waals surface area contributed by atoms with Crippen molar-refractivity contribution >= 4 is 31.9 Å². The summed E-state index contributed by atoms with van der Waals surface area (Å²) in [5.41, 5.74) is 5.14. The van der Waals surface area contributed by atoms with E-state index in [4.69, 9.17) is 4.98 Å². The molecule has 0 radical (unpaired) electrons. The molecule has 1 N–H and O–H groups in total. The van der Waals surface area contributed by atoms with Crippen molar-refractivity contribution in [2.45, 2.75) is 58.3 Å². The topological polar surface area (TPSA) is 33.1 Å². The van der Waals surface area contributed by atoms with Gasteiger partial charge in [-0.1, -0.05) is 42.6 Å². The Labute approximate surface area is 167 Å². The molecular weight excluding hydrogens is 442 g/mol. The highest BCUT2D eigenvalue weighted by atomic mass is 79.9. The summed E-state index contributed by atoms with van der Waals surface area (Å²) in [6, 6.07) is 6.01. The summed E-state index contributed by atoms with van der Waals surface area (Å²) in [7, 11) is 0. The zero-order valence-electron chi connectivity index (χ0n) is 14.9. The van der Waals surface area contributed by atoms with Gasteiger partial charge < -0.3 is 5.11 Å². The standard InChI is InChI=1S/C21H25Br2NO/c1-3-5-13(6-4-2)20-19-14(10-17(25)11-18(19)23)7-8-15-9-16(22)12-24-21(15)20/h9-13,20,25H,3-8H2,1-2H3/t20-/m1/s1. The maximum Gasteiger partial charge on any atom is 0.116 e. The average molecular weight is 467 g/mol. The number of fused-ring (bicyclic) bond motifs is 2. The first-order chi connectivity index (χ1) is 12.0. The van der Waals surface area contributed by atoms with E-state index in [0.29, 0.717) is 11.7 Å². The van der Waals surface area contributed by atoms with E-state index in [1.807, 2.05) is 18.3 Å². The normalized spacial score (nSPS) is 16.4. The Morgan fingerprint density at radius 3 is 2.44 bits per heavy atom. The molecule has 1 aliphatic carbocycles. The predicted molar refractivity (Wildman–Crippen MR) is 110 cm³/mol. The quantitative estimate of drug-likeness (QED) is 0.527. The van der Waals surface area contributed by atoms with Crippen molar-refractivity contribution in [2.24, 2.45) is 5.92 Å². The molecule has 1 atom stereocenters. The number of phenolic OH excluding ortho intramolecular Hbond substituents is 1. The van der Waals surface area contributed by atoms with Gasteiger partial charge in [-0.15, -0.1) is 0 Å². The van der Waals surface area contributed by atoms with Gasteiger partial charge in [-0.2, -0.15) is 0 Å². The summed E-state index contributed by atoms with van der Waals surface area (Å²) in [6.07, 6.45) is 8.59. The lowest BCUT2D eigenvalue weighted by atomic mass is 9.77. The van der Waals surface area contributed by atoms with Crippen LogP contribution in [0.4, 0.5) is 0 Å². The van der Waals surface area contributed by atoms with E-state index >= 15 is 0 Å². The number of hydrogen-bond acceptors (Lipinski definition) is 2. The maximum atomic E-state index is 10.1. The molecular formula is C21H25Br2NO. The molecule has 0 fully saturated rings. The van der Waals surface area contributed by atoms with Crippen LogP contribution in [0.5, 0.6) is 5.75 Å². The number of hydrogen-bond donors (Lipinski definition) is 1. The molecule has 0 bridgehead atoms. The van der Waals surface area contributed by atoms with E-state index in [2.05, 4.69) is 51.8 Å². The number of phenols is 1. The Hall–Kier alpha value is -0.870. The molecule has 2 aromatic rings. The van der Waals surface area contributed by atoms with Crippen LogP contribution in [0, 0.1) is 5.92 Å². The van der Waals surface area contributed by atoms with Gasteiger partial charge >= 0.3 is 0 Å². The Balaban J connectivity index is 2.22. The molecule has 1 heterocycles. The third-order valence-corrected chi connectivity index (χ3v) is 6.32. The van der Waals surface area contributed by atoms with Gasteiger partial charge in [0.15, 0.2) is 0 Å². The molecule has 0 unspecified atom stereocenters. The second-order valence-corrected chi connectivity index (χ2v) is 8.78. The monoisotopic (exact) mass is 465 g/mol. The Morgan fingerprint density at radius 1 is 1.08 bits per heavy atom. The van der Waals surface area contributed by atoms with Crippen LogP contribution in [-0.2, 0) is 12.8 Å². The van der Waals surface area contributed by atoms with E-state index < -0.39 is 0 Å². The number of nitrogens with zero attached hydrogens (tertiary/aromatic N) is 1. The Morgan fingerprint density at radius 2 is 1.76 bits per heavy atom. The van der Waals surface area contributed by atoms with E-state index in [1.165, 1.54) is 48.1 Å². The lowest BCUT2D eigenvalue weighted by molar-refractivity contribution is 0.389.